The molecule has 0 saturated carbocycles. The van der Waals surface area contributed by atoms with Gasteiger partial charge in [0.2, 0.25) is 11.6 Å². The summed E-state index contributed by atoms with van der Waals surface area (Å²) in [7, 11) is 0. The van der Waals surface area contributed by atoms with Gasteiger partial charge in [-0.25, -0.2) is 0 Å². The summed E-state index contributed by atoms with van der Waals surface area (Å²) in [4.78, 5) is 10.1. The van der Waals surface area contributed by atoms with Gasteiger partial charge in [0.1, 0.15) is 0 Å². The minimum atomic E-state index is -0.860. The molecule has 0 heterocycles. The Morgan fingerprint density at radius 2 is 2.11 bits per heavy atom. The first kappa shape index (κ1) is 15.4. The fourth-order valence-corrected chi connectivity index (χ4v) is 1.90. The van der Waals surface area contributed by atoms with Crippen molar-refractivity contribution in [2.24, 2.45) is 0 Å². The molecule has 0 aliphatic rings. The monoisotopic (exact) mass is 269 g/mol. The summed E-state index contributed by atoms with van der Waals surface area (Å²) in [5.41, 5.74) is -0.581. The molecule has 0 N–H and O–H groups in total. The molecule has 0 aromatic heterocycles. The van der Waals surface area contributed by atoms with Crippen LogP contribution in [0.2, 0.25) is 0 Å². The van der Waals surface area contributed by atoms with Crippen LogP contribution in [0.15, 0.2) is 18.2 Å². The van der Waals surface area contributed by atoms with Crippen LogP contribution in [0.4, 0.5) is 10.1 Å². The molecule has 5 heteroatoms. The van der Waals surface area contributed by atoms with Crippen LogP contribution in [-0.4, -0.2) is 11.0 Å². The quantitative estimate of drug-likeness (QED) is 0.397. The van der Waals surface area contributed by atoms with Crippen LogP contribution in [-0.2, 0) is 0 Å². The molecule has 0 fully saturated rings. The second-order valence-corrected chi connectivity index (χ2v) is 4.62. The fourth-order valence-electron chi connectivity index (χ4n) is 1.90. The van der Waals surface area contributed by atoms with Crippen molar-refractivity contribution >= 4 is 5.69 Å². The summed E-state index contributed by atoms with van der Waals surface area (Å²) in [5.74, 6) is -0.853. The van der Waals surface area contributed by atoms with Crippen molar-refractivity contribution in [3.63, 3.8) is 0 Å². The number of halogens is 1. The molecule has 4 nitrogen and oxygen atoms in total. The van der Waals surface area contributed by atoms with Crippen molar-refractivity contribution in [3.05, 3.63) is 34.1 Å². The highest BCUT2D eigenvalue weighted by atomic mass is 19.1. The Labute approximate surface area is 112 Å². The Bertz CT molecular complexity index is 423. The van der Waals surface area contributed by atoms with Gasteiger partial charge in [-0.3, -0.25) is 10.1 Å². The van der Waals surface area contributed by atoms with Crippen molar-refractivity contribution in [2.75, 3.05) is 0 Å². The van der Waals surface area contributed by atoms with E-state index in [-0.39, 0.29) is 11.9 Å². The van der Waals surface area contributed by atoms with Crippen molar-refractivity contribution in [3.8, 4) is 5.75 Å². The first-order valence-electron chi connectivity index (χ1n) is 6.65. The Morgan fingerprint density at radius 3 is 2.74 bits per heavy atom. The van der Waals surface area contributed by atoms with Crippen LogP contribution >= 0.6 is 0 Å². The van der Waals surface area contributed by atoms with E-state index in [9.17, 15) is 14.5 Å². The minimum Gasteiger partial charge on any atom is -0.484 e. The standard InChI is InChI=1S/C14H20FNO3/c1-3-4-5-6-8-11(2)19-13-10-7-9-12(15)14(13)16(17)18/h7,9-11H,3-6,8H2,1-2H3. The van der Waals surface area contributed by atoms with Crippen LogP contribution in [0.3, 0.4) is 0 Å². The molecule has 0 spiro atoms. The molecule has 1 rings (SSSR count). The second-order valence-electron chi connectivity index (χ2n) is 4.62. The zero-order valence-electron chi connectivity index (χ0n) is 11.4. The van der Waals surface area contributed by atoms with Crippen molar-refractivity contribution in [2.45, 2.75) is 52.1 Å². The normalized spacial score (nSPS) is 12.2. The van der Waals surface area contributed by atoms with Crippen molar-refractivity contribution in [1.82, 2.24) is 0 Å². The van der Waals surface area contributed by atoms with Gasteiger partial charge in [0.05, 0.1) is 11.0 Å². The summed E-state index contributed by atoms with van der Waals surface area (Å²) in [6.07, 6.45) is 5.12. The molecule has 19 heavy (non-hydrogen) atoms. The molecule has 0 radical (unpaired) electrons. The Kier molecular flexibility index (Phi) is 6.25. The summed E-state index contributed by atoms with van der Waals surface area (Å²) < 4.78 is 18.9. The summed E-state index contributed by atoms with van der Waals surface area (Å²) in [6.45, 7) is 3.98. The molecule has 1 aromatic carbocycles. The molecule has 0 bridgehead atoms. The molecule has 0 aliphatic heterocycles. The Morgan fingerprint density at radius 1 is 1.37 bits per heavy atom. The van der Waals surface area contributed by atoms with Gasteiger partial charge >= 0.3 is 5.69 Å². The maximum atomic E-state index is 13.4. The number of benzene rings is 1. The van der Waals surface area contributed by atoms with E-state index >= 15 is 0 Å². The number of nitro benzene ring substituents is 1. The van der Waals surface area contributed by atoms with Crippen LogP contribution in [0.5, 0.6) is 5.75 Å². The maximum Gasteiger partial charge on any atom is 0.346 e. The van der Waals surface area contributed by atoms with Crippen LogP contribution < -0.4 is 4.74 Å². The SMILES string of the molecule is CCCCCCC(C)Oc1cccc(F)c1[N+](=O)[O-]. The zero-order chi connectivity index (χ0) is 14.3. The predicted molar refractivity (Wildman–Crippen MR) is 71.9 cm³/mol. The van der Waals surface area contributed by atoms with Crippen LogP contribution in [0.1, 0.15) is 46.0 Å². The minimum absolute atomic E-state index is 0.00740. The summed E-state index contributed by atoms with van der Waals surface area (Å²) in [6, 6.07) is 3.92. The average molecular weight is 269 g/mol. The van der Waals surface area contributed by atoms with Crippen LogP contribution in [0.25, 0.3) is 0 Å². The molecule has 1 atom stereocenters. The number of nitro groups is 1. The first-order valence-corrected chi connectivity index (χ1v) is 6.65. The van der Waals surface area contributed by atoms with E-state index in [2.05, 4.69) is 6.92 Å². The van der Waals surface area contributed by atoms with E-state index in [1.54, 1.807) is 0 Å². The van der Waals surface area contributed by atoms with E-state index in [1.807, 2.05) is 6.92 Å². The predicted octanol–water partition coefficient (Wildman–Crippen LogP) is 4.47. The summed E-state index contributed by atoms with van der Waals surface area (Å²) in [5, 5.41) is 10.8. The Balaban J connectivity index is 2.61. The number of hydrogen-bond donors (Lipinski definition) is 0. The van der Waals surface area contributed by atoms with E-state index in [0.717, 1.165) is 31.7 Å². The lowest BCUT2D eigenvalue weighted by Crippen LogP contribution is -2.13. The van der Waals surface area contributed by atoms with E-state index in [0.29, 0.717) is 0 Å². The van der Waals surface area contributed by atoms with E-state index in [1.165, 1.54) is 18.6 Å². The third-order valence-corrected chi connectivity index (χ3v) is 2.92. The van der Waals surface area contributed by atoms with Gasteiger partial charge in [-0.05, 0) is 31.9 Å². The fraction of sp³-hybridized carbons (Fsp3) is 0.571. The molecule has 1 unspecified atom stereocenters. The molecule has 1 aromatic rings. The van der Waals surface area contributed by atoms with Crippen molar-refractivity contribution < 1.29 is 14.1 Å². The number of ether oxygens (including phenoxy) is 1. The van der Waals surface area contributed by atoms with Gasteiger partial charge in [-0.1, -0.05) is 32.3 Å². The zero-order valence-corrected chi connectivity index (χ0v) is 11.4. The van der Waals surface area contributed by atoms with Gasteiger partial charge in [-0.2, -0.15) is 4.39 Å². The maximum absolute atomic E-state index is 13.4. The highest BCUT2D eigenvalue weighted by Crippen LogP contribution is 2.30. The molecular formula is C14H20FNO3. The second kappa shape index (κ2) is 7.71. The highest BCUT2D eigenvalue weighted by Gasteiger charge is 2.22. The topological polar surface area (TPSA) is 52.4 Å². The molecular weight excluding hydrogens is 249 g/mol. The molecule has 0 aliphatic carbocycles. The highest BCUT2D eigenvalue weighted by molar-refractivity contribution is 5.47. The van der Waals surface area contributed by atoms with Gasteiger partial charge in [0.15, 0.2) is 0 Å². The molecule has 106 valence electrons. The number of rotatable bonds is 8. The number of para-hydroxylation sites is 1. The summed E-state index contributed by atoms with van der Waals surface area (Å²) >= 11 is 0. The lowest BCUT2D eigenvalue weighted by atomic mass is 10.1. The number of nitrogens with zero attached hydrogens (tertiary/aromatic N) is 1. The third kappa shape index (κ3) is 4.85. The van der Waals surface area contributed by atoms with Crippen LogP contribution in [0, 0.1) is 15.9 Å². The van der Waals surface area contributed by atoms with Crippen molar-refractivity contribution in [1.29, 1.82) is 0 Å². The van der Waals surface area contributed by atoms with Gasteiger partial charge in [-0.15, -0.1) is 0 Å². The number of hydrogen-bond acceptors (Lipinski definition) is 3. The third-order valence-electron chi connectivity index (χ3n) is 2.92. The molecule has 0 amide bonds. The van der Waals surface area contributed by atoms with Gasteiger partial charge in [0.25, 0.3) is 0 Å². The molecule has 0 saturated heterocycles. The smallest absolute Gasteiger partial charge is 0.346 e. The average Bonchev–Trinajstić information content (AvgIpc) is 2.34. The largest absolute Gasteiger partial charge is 0.484 e. The van der Waals surface area contributed by atoms with E-state index < -0.39 is 16.4 Å². The Hall–Kier alpha value is -1.65. The van der Waals surface area contributed by atoms with E-state index in [4.69, 9.17) is 4.74 Å². The number of unbranched alkanes of at least 4 members (excludes halogenated alkanes) is 3. The van der Waals surface area contributed by atoms with Gasteiger partial charge < -0.3 is 4.74 Å². The van der Waals surface area contributed by atoms with Gasteiger partial charge in [0, 0.05) is 0 Å². The lowest BCUT2D eigenvalue weighted by Gasteiger charge is -2.14. The first-order chi connectivity index (χ1) is 9.06. The lowest BCUT2D eigenvalue weighted by molar-refractivity contribution is -0.388.